The number of ether oxygens (including phenoxy) is 1. The summed E-state index contributed by atoms with van der Waals surface area (Å²) >= 11 is 0. The van der Waals surface area contributed by atoms with Crippen molar-refractivity contribution in [3.05, 3.63) is 47.0 Å². The van der Waals surface area contributed by atoms with Gasteiger partial charge in [0.05, 0.1) is 23.1 Å². The van der Waals surface area contributed by atoms with Gasteiger partial charge in [0.2, 0.25) is 5.88 Å². The molecule has 1 saturated carbocycles. The van der Waals surface area contributed by atoms with Crippen molar-refractivity contribution in [1.82, 2.24) is 25.0 Å². The molecule has 2 atom stereocenters. The second kappa shape index (κ2) is 6.70. The number of rotatable bonds is 4. The van der Waals surface area contributed by atoms with Crippen LogP contribution >= 0.6 is 0 Å². The SMILES string of the molecule is Cn1cc(-c2cc(=O)c(-c3ccc(O[C@H]4CCC[C@H]4F)nn3)c[nH]2)cn1. The fraction of sp³-hybridized carbons (Fsp3) is 0.333. The minimum atomic E-state index is -0.959. The summed E-state index contributed by atoms with van der Waals surface area (Å²) in [6, 6.07) is 4.77. The molecule has 1 aliphatic rings. The van der Waals surface area contributed by atoms with Crippen LogP contribution < -0.4 is 10.2 Å². The highest BCUT2D eigenvalue weighted by atomic mass is 19.1. The van der Waals surface area contributed by atoms with Crippen molar-refractivity contribution in [1.29, 1.82) is 0 Å². The highest BCUT2D eigenvalue weighted by molar-refractivity contribution is 5.63. The Morgan fingerprint density at radius 3 is 2.81 bits per heavy atom. The molecule has 1 N–H and O–H groups in total. The first kappa shape index (κ1) is 16.4. The molecule has 134 valence electrons. The Labute approximate surface area is 148 Å². The van der Waals surface area contributed by atoms with Crippen LogP contribution in [-0.2, 0) is 7.05 Å². The average molecular weight is 355 g/mol. The summed E-state index contributed by atoms with van der Waals surface area (Å²) in [5.74, 6) is 0.270. The molecule has 0 unspecified atom stereocenters. The summed E-state index contributed by atoms with van der Waals surface area (Å²) in [7, 11) is 1.81. The van der Waals surface area contributed by atoms with Gasteiger partial charge in [-0.25, -0.2) is 4.39 Å². The number of aryl methyl sites for hydroxylation is 1. The summed E-state index contributed by atoms with van der Waals surface area (Å²) in [6.07, 6.45) is 5.70. The summed E-state index contributed by atoms with van der Waals surface area (Å²) in [5.41, 5.74) is 2.16. The molecule has 7 nitrogen and oxygen atoms in total. The van der Waals surface area contributed by atoms with E-state index in [9.17, 15) is 9.18 Å². The molecule has 3 aromatic rings. The quantitative estimate of drug-likeness (QED) is 0.777. The number of hydrogen-bond donors (Lipinski definition) is 1. The zero-order valence-electron chi connectivity index (χ0n) is 14.2. The van der Waals surface area contributed by atoms with E-state index < -0.39 is 12.3 Å². The third kappa shape index (κ3) is 3.22. The molecule has 0 bridgehead atoms. The van der Waals surface area contributed by atoms with Crippen molar-refractivity contribution in [2.75, 3.05) is 0 Å². The van der Waals surface area contributed by atoms with Crippen molar-refractivity contribution in [2.24, 2.45) is 7.05 Å². The van der Waals surface area contributed by atoms with E-state index in [-0.39, 0.29) is 11.3 Å². The number of aromatic nitrogens is 5. The Balaban J connectivity index is 1.54. The zero-order chi connectivity index (χ0) is 18.1. The number of aromatic amines is 1. The minimum absolute atomic E-state index is 0.176. The minimum Gasteiger partial charge on any atom is -0.470 e. The second-order valence-electron chi connectivity index (χ2n) is 6.39. The third-order valence-electron chi connectivity index (χ3n) is 4.49. The van der Waals surface area contributed by atoms with Crippen LogP contribution in [0.2, 0.25) is 0 Å². The maximum Gasteiger partial charge on any atom is 0.233 e. The van der Waals surface area contributed by atoms with Gasteiger partial charge in [0.15, 0.2) is 5.43 Å². The molecule has 3 heterocycles. The van der Waals surface area contributed by atoms with Gasteiger partial charge in [-0.05, 0) is 25.3 Å². The third-order valence-corrected chi connectivity index (χ3v) is 4.49. The Morgan fingerprint density at radius 1 is 1.31 bits per heavy atom. The number of halogens is 1. The lowest BCUT2D eigenvalue weighted by atomic mass is 10.1. The van der Waals surface area contributed by atoms with Gasteiger partial charge in [-0.1, -0.05) is 0 Å². The maximum atomic E-state index is 13.6. The molecule has 0 amide bonds. The van der Waals surface area contributed by atoms with Gasteiger partial charge in [0.25, 0.3) is 0 Å². The van der Waals surface area contributed by atoms with Crippen LogP contribution in [0.3, 0.4) is 0 Å². The van der Waals surface area contributed by atoms with Crippen LogP contribution in [0.4, 0.5) is 4.39 Å². The predicted molar refractivity (Wildman–Crippen MR) is 93.5 cm³/mol. The Kier molecular flexibility index (Phi) is 4.24. The molecule has 0 radical (unpaired) electrons. The molecule has 0 spiro atoms. The van der Waals surface area contributed by atoms with Crippen LogP contribution in [0.1, 0.15) is 19.3 Å². The van der Waals surface area contributed by atoms with E-state index in [1.807, 2.05) is 13.2 Å². The molecule has 1 aliphatic carbocycles. The monoisotopic (exact) mass is 355 g/mol. The van der Waals surface area contributed by atoms with E-state index in [1.54, 1.807) is 29.2 Å². The number of hydrogen-bond acceptors (Lipinski definition) is 5. The normalized spacial score (nSPS) is 19.6. The molecule has 4 rings (SSSR count). The number of nitrogens with zero attached hydrogens (tertiary/aromatic N) is 4. The standard InChI is InChI=1S/C18H18FN5O2/c1-24-10-11(8-21-24)15-7-16(25)12(9-20-15)14-5-6-18(23-22-14)26-17-4-2-3-13(17)19/h5-10,13,17H,2-4H2,1H3,(H,20,25)/t13-,17+/m1/s1. The Bertz CT molecular complexity index is 966. The van der Waals surface area contributed by atoms with Crippen molar-refractivity contribution in [3.63, 3.8) is 0 Å². The Hall–Kier alpha value is -3.03. The highest BCUT2D eigenvalue weighted by Crippen LogP contribution is 2.26. The lowest BCUT2D eigenvalue weighted by molar-refractivity contribution is 0.119. The van der Waals surface area contributed by atoms with E-state index in [4.69, 9.17) is 4.74 Å². The fourth-order valence-electron chi connectivity index (χ4n) is 3.09. The molecule has 8 heteroatoms. The van der Waals surface area contributed by atoms with Crippen LogP contribution in [0.25, 0.3) is 22.5 Å². The first-order valence-corrected chi connectivity index (χ1v) is 8.47. The predicted octanol–water partition coefficient (Wildman–Crippen LogP) is 2.50. The average Bonchev–Trinajstić information content (AvgIpc) is 3.24. The smallest absolute Gasteiger partial charge is 0.233 e. The number of H-pyrrole nitrogens is 1. The van der Waals surface area contributed by atoms with E-state index in [0.29, 0.717) is 29.8 Å². The van der Waals surface area contributed by atoms with E-state index in [2.05, 4.69) is 20.3 Å². The van der Waals surface area contributed by atoms with Crippen LogP contribution in [0.15, 0.2) is 41.6 Å². The van der Waals surface area contributed by atoms with Gasteiger partial charge in [-0.15, -0.1) is 10.2 Å². The van der Waals surface area contributed by atoms with Crippen LogP contribution in [0, 0.1) is 0 Å². The van der Waals surface area contributed by atoms with E-state index >= 15 is 0 Å². The van der Waals surface area contributed by atoms with Gasteiger partial charge in [0, 0.05) is 37.1 Å². The van der Waals surface area contributed by atoms with Crippen LogP contribution in [-0.4, -0.2) is 37.2 Å². The summed E-state index contributed by atoms with van der Waals surface area (Å²) in [4.78, 5) is 15.5. The van der Waals surface area contributed by atoms with Gasteiger partial charge >= 0.3 is 0 Å². The molecule has 26 heavy (non-hydrogen) atoms. The van der Waals surface area contributed by atoms with E-state index in [1.165, 1.54) is 6.07 Å². The van der Waals surface area contributed by atoms with E-state index in [0.717, 1.165) is 12.0 Å². The summed E-state index contributed by atoms with van der Waals surface area (Å²) in [6.45, 7) is 0. The van der Waals surface area contributed by atoms with Crippen molar-refractivity contribution >= 4 is 0 Å². The Morgan fingerprint density at radius 2 is 2.19 bits per heavy atom. The summed E-state index contributed by atoms with van der Waals surface area (Å²) in [5, 5.41) is 12.1. The highest BCUT2D eigenvalue weighted by Gasteiger charge is 2.29. The number of nitrogens with one attached hydrogen (secondary N) is 1. The molecule has 0 saturated heterocycles. The molecule has 0 aliphatic heterocycles. The van der Waals surface area contributed by atoms with Gasteiger partial charge < -0.3 is 9.72 Å². The topological polar surface area (TPSA) is 85.7 Å². The summed E-state index contributed by atoms with van der Waals surface area (Å²) < 4.78 is 20.8. The van der Waals surface area contributed by atoms with Gasteiger partial charge in [-0.2, -0.15) is 5.10 Å². The van der Waals surface area contributed by atoms with Crippen molar-refractivity contribution < 1.29 is 9.13 Å². The van der Waals surface area contributed by atoms with Gasteiger partial charge in [-0.3, -0.25) is 9.48 Å². The largest absolute Gasteiger partial charge is 0.470 e. The second-order valence-corrected chi connectivity index (χ2v) is 6.39. The van der Waals surface area contributed by atoms with Gasteiger partial charge in [0.1, 0.15) is 12.3 Å². The first-order chi connectivity index (χ1) is 12.6. The fourth-order valence-corrected chi connectivity index (χ4v) is 3.09. The molecular formula is C18H18FN5O2. The molecular weight excluding hydrogens is 337 g/mol. The number of pyridine rings is 1. The lowest BCUT2D eigenvalue weighted by Gasteiger charge is -2.14. The van der Waals surface area contributed by atoms with Crippen molar-refractivity contribution in [3.8, 4) is 28.4 Å². The first-order valence-electron chi connectivity index (χ1n) is 8.47. The molecule has 1 fully saturated rings. The zero-order valence-corrected chi connectivity index (χ0v) is 14.2. The lowest BCUT2D eigenvalue weighted by Crippen LogP contribution is -2.22. The van der Waals surface area contributed by atoms with Crippen molar-refractivity contribution in [2.45, 2.75) is 31.5 Å². The van der Waals surface area contributed by atoms with Crippen LogP contribution in [0.5, 0.6) is 5.88 Å². The molecule has 0 aromatic carbocycles. The molecule has 3 aromatic heterocycles. The maximum absolute atomic E-state index is 13.6. The number of alkyl halides is 1.